The molecular formula is C20H8Cl6NiO4S4+. The Morgan fingerprint density at radius 1 is 0.600 bits per heavy atom. The van der Waals surface area contributed by atoms with E-state index in [0.717, 1.165) is 0 Å². The summed E-state index contributed by atoms with van der Waals surface area (Å²) in [4.78, 5) is 21.9. The predicted molar refractivity (Wildman–Crippen MR) is 147 cm³/mol. The van der Waals surface area contributed by atoms with Crippen molar-refractivity contribution in [3.63, 3.8) is 0 Å². The molecule has 1 radical (unpaired) electrons. The standard InChI is InChI=1S/2C10H5Cl3O2S2.Ni/c2*11-6-2-8(13)7(12)1-4(6)5-3-16-17-9(5)10(14)15;/h2*1-3,9H,(H,14,15);/q;;+3/p-2. The zero-order valence-electron chi connectivity index (χ0n) is 16.5. The van der Waals surface area contributed by atoms with Crippen LogP contribution in [0.4, 0.5) is 0 Å². The molecule has 2 aliphatic heterocycles. The van der Waals surface area contributed by atoms with Crippen LogP contribution in [0.3, 0.4) is 0 Å². The van der Waals surface area contributed by atoms with E-state index in [1.807, 2.05) is 0 Å². The third kappa shape index (κ3) is 7.76. The summed E-state index contributed by atoms with van der Waals surface area (Å²) >= 11 is 35.5. The number of aliphatic carboxylic acids is 2. The number of carbonyl (C=O) groups excluding carboxylic acids is 2. The maximum atomic E-state index is 11.0. The molecule has 187 valence electrons. The molecule has 15 heteroatoms. The maximum absolute atomic E-state index is 11.0. The normalized spacial score (nSPS) is 18.7. The van der Waals surface area contributed by atoms with E-state index in [4.69, 9.17) is 69.6 Å². The minimum Gasteiger partial charge on any atom is -0.549 e. The Morgan fingerprint density at radius 2 is 0.914 bits per heavy atom. The first-order chi connectivity index (χ1) is 16.0. The zero-order valence-corrected chi connectivity index (χ0v) is 25.3. The average molecular weight is 712 g/mol. The molecule has 2 aliphatic rings. The smallest absolute Gasteiger partial charge is 0.549 e. The summed E-state index contributed by atoms with van der Waals surface area (Å²) in [7, 11) is 5.06. The minimum absolute atomic E-state index is 0. The van der Waals surface area contributed by atoms with Crippen LogP contribution in [0.1, 0.15) is 11.1 Å². The molecule has 0 N–H and O–H groups in total. The van der Waals surface area contributed by atoms with Crippen LogP contribution in [-0.4, -0.2) is 22.4 Å². The van der Waals surface area contributed by atoms with E-state index < -0.39 is 22.4 Å². The molecule has 2 aromatic rings. The van der Waals surface area contributed by atoms with Gasteiger partial charge in [-0.1, -0.05) is 113 Å². The molecule has 0 saturated carbocycles. The van der Waals surface area contributed by atoms with Crippen LogP contribution in [0, 0.1) is 0 Å². The summed E-state index contributed by atoms with van der Waals surface area (Å²) in [6, 6.07) is 6.14. The largest absolute Gasteiger partial charge is 3.00 e. The van der Waals surface area contributed by atoms with Crippen molar-refractivity contribution in [2.75, 3.05) is 0 Å². The van der Waals surface area contributed by atoms with E-state index >= 15 is 0 Å². The van der Waals surface area contributed by atoms with Gasteiger partial charge in [-0.15, -0.1) is 0 Å². The molecule has 35 heavy (non-hydrogen) atoms. The van der Waals surface area contributed by atoms with Crippen molar-refractivity contribution in [3.05, 3.63) is 76.3 Å². The predicted octanol–water partition coefficient (Wildman–Crippen LogP) is 7.00. The molecule has 2 atom stereocenters. The molecule has 2 aromatic carbocycles. The molecule has 4 rings (SSSR count). The van der Waals surface area contributed by atoms with Crippen LogP contribution in [-0.2, 0) is 26.1 Å². The SMILES string of the molecule is O=C([O-])C1SSC=C1c1cc(Cl)c(Cl)cc1Cl.O=C([O-])C1SSC=C1c1cc(Cl)c(Cl)cc1Cl.[Ni+3]. The van der Waals surface area contributed by atoms with Gasteiger partial charge in [-0.2, -0.15) is 0 Å². The summed E-state index contributed by atoms with van der Waals surface area (Å²) in [5.41, 5.74) is 2.33. The van der Waals surface area contributed by atoms with Crippen molar-refractivity contribution >= 4 is 136 Å². The van der Waals surface area contributed by atoms with E-state index in [0.29, 0.717) is 52.4 Å². The Kier molecular flexibility index (Phi) is 12.7. The summed E-state index contributed by atoms with van der Waals surface area (Å²) in [6.07, 6.45) is 0. The maximum Gasteiger partial charge on any atom is 3.00 e. The van der Waals surface area contributed by atoms with Gasteiger partial charge in [0.15, 0.2) is 0 Å². The van der Waals surface area contributed by atoms with Gasteiger partial charge in [-0.25, -0.2) is 0 Å². The second-order valence-electron chi connectivity index (χ2n) is 6.42. The topological polar surface area (TPSA) is 80.3 Å². The molecule has 0 saturated heterocycles. The third-order valence-electron chi connectivity index (χ3n) is 4.29. The number of benzene rings is 2. The summed E-state index contributed by atoms with van der Waals surface area (Å²) in [5.74, 6) is -2.29. The molecule has 0 aliphatic carbocycles. The molecule has 2 heterocycles. The fraction of sp³-hybridized carbons (Fsp3) is 0.100. The first kappa shape index (κ1) is 31.7. The van der Waals surface area contributed by atoms with Gasteiger partial charge < -0.3 is 19.8 Å². The van der Waals surface area contributed by atoms with Crippen LogP contribution in [0.25, 0.3) is 11.1 Å². The first-order valence-corrected chi connectivity index (χ1v) is 15.6. The fourth-order valence-electron chi connectivity index (χ4n) is 2.73. The van der Waals surface area contributed by atoms with Crippen LogP contribution in [0.15, 0.2) is 35.1 Å². The number of hydrogen-bond acceptors (Lipinski definition) is 8. The Labute approximate surface area is 256 Å². The van der Waals surface area contributed by atoms with Crippen LogP contribution >= 0.6 is 113 Å². The molecule has 4 nitrogen and oxygen atoms in total. The van der Waals surface area contributed by atoms with E-state index in [1.54, 1.807) is 22.9 Å². The average Bonchev–Trinajstić information content (AvgIpc) is 3.43. The third-order valence-corrected chi connectivity index (χ3v) is 11.0. The summed E-state index contributed by atoms with van der Waals surface area (Å²) in [5, 5.41) is 26.0. The first-order valence-electron chi connectivity index (χ1n) is 8.77. The van der Waals surface area contributed by atoms with Gasteiger partial charge >= 0.3 is 16.5 Å². The van der Waals surface area contributed by atoms with Crippen LogP contribution in [0.5, 0.6) is 0 Å². The van der Waals surface area contributed by atoms with Crippen molar-refractivity contribution in [1.82, 2.24) is 0 Å². The van der Waals surface area contributed by atoms with Gasteiger partial charge in [0.05, 0.1) is 42.5 Å². The Morgan fingerprint density at radius 3 is 1.23 bits per heavy atom. The Hall–Kier alpha value is 0.494. The van der Waals surface area contributed by atoms with E-state index in [-0.39, 0.29) is 16.5 Å². The Bertz CT molecular complexity index is 1130. The zero-order chi connectivity index (χ0) is 25.2. The van der Waals surface area contributed by atoms with Crippen LogP contribution < -0.4 is 10.2 Å². The van der Waals surface area contributed by atoms with Gasteiger partial charge in [-0.3, -0.25) is 0 Å². The summed E-state index contributed by atoms with van der Waals surface area (Å²) < 4.78 is 0. The quantitative estimate of drug-likeness (QED) is 0.191. The van der Waals surface area contributed by atoms with E-state index in [2.05, 4.69) is 0 Å². The van der Waals surface area contributed by atoms with Crippen molar-refractivity contribution in [2.45, 2.75) is 10.5 Å². The van der Waals surface area contributed by atoms with Crippen molar-refractivity contribution in [3.8, 4) is 0 Å². The van der Waals surface area contributed by atoms with Crippen molar-refractivity contribution in [1.29, 1.82) is 0 Å². The second kappa shape index (κ2) is 14.0. The number of halogens is 6. The van der Waals surface area contributed by atoms with Crippen molar-refractivity contribution in [2.24, 2.45) is 0 Å². The van der Waals surface area contributed by atoms with Gasteiger partial charge in [0.2, 0.25) is 0 Å². The van der Waals surface area contributed by atoms with Crippen LogP contribution in [0.2, 0.25) is 30.1 Å². The van der Waals surface area contributed by atoms with E-state index in [1.165, 1.54) is 55.3 Å². The molecule has 0 bridgehead atoms. The number of rotatable bonds is 4. The second-order valence-corrected chi connectivity index (χ2v) is 13.4. The number of carboxylic acid groups (broad SMARTS) is 2. The molecule has 0 spiro atoms. The number of carboxylic acids is 2. The van der Waals surface area contributed by atoms with Gasteiger partial charge in [0.25, 0.3) is 0 Å². The monoisotopic (exact) mass is 708 g/mol. The molecule has 0 aromatic heterocycles. The Balaban J connectivity index is 0.000000240. The minimum atomic E-state index is -1.15. The molecule has 0 amide bonds. The number of hydrogen-bond donors (Lipinski definition) is 0. The van der Waals surface area contributed by atoms with E-state index in [9.17, 15) is 19.8 Å². The number of carbonyl (C=O) groups is 2. The van der Waals surface area contributed by atoms with Gasteiger partial charge in [0, 0.05) is 10.0 Å². The molecular weight excluding hydrogens is 704 g/mol. The molecule has 0 fully saturated rings. The van der Waals surface area contributed by atoms with Crippen molar-refractivity contribution < 1.29 is 36.3 Å². The van der Waals surface area contributed by atoms with Gasteiger partial charge in [0.1, 0.15) is 0 Å². The summed E-state index contributed by atoms with van der Waals surface area (Å²) in [6.45, 7) is 0. The van der Waals surface area contributed by atoms with Gasteiger partial charge in [-0.05, 0) is 57.4 Å². The molecule has 2 unspecified atom stereocenters. The fourth-order valence-corrected chi connectivity index (χ4v) is 8.75.